The van der Waals surface area contributed by atoms with Crippen LogP contribution in [0, 0.1) is 0 Å². The van der Waals surface area contributed by atoms with Gasteiger partial charge in [0.2, 0.25) is 8.32 Å². The Morgan fingerprint density at radius 2 is 1.38 bits per heavy atom. The van der Waals surface area contributed by atoms with E-state index in [0.717, 1.165) is 63.1 Å². The molecule has 0 atom stereocenters. The predicted octanol–water partition coefficient (Wildman–Crippen LogP) is 9.77. The van der Waals surface area contributed by atoms with Gasteiger partial charge < -0.3 is 23.1 Å². The van der Waals surface area contributed by atoms with Crippen LogP contribution in [0.4, 0.5) is 0 Å². The molecule has 258 valence electrons. The zero-order valence-electron chi connectivity index (χ0n) is 30.9. The van der Waals surface area contributed by atoms with Gasteiger partial charge in [0.15, 0.2) is 11.5 Å². The number of aryl methyl sites for hydroxylation is 1. The number of ether oxygens (including phenoxy) is 3. The number of rotatable bonds is 10. The molecule has 10 heteroatoms. The third-order valence-corrected chi connectivity index (χ3v) is 18.9. The molecular formula is C38H53N3O5Si2. The molecular weight excluding hydrogens is 635 g/mol. The van der Waals surface area contributed by atoms with Crippen LogP contribution in [0.5, 0.6) is 28.7 Å². The van der Waals surface area contributed by atoms with Gasteiger partial charge in [-0.15, -0.1) is 5.10 Å². The fraction of sp³-hybridized carbons (Fsp3) is 0.474. The number of fused-ring (bicyclic) bond motifs is 1. The van der Waals surface area contributed by atoms with Crippen LogP contribution in [0.2, 0.25) is 36.3 Å². The van der Waals surface area contributed by atoms with E-state index >= 15 is 0 Å². The molecule has 8 nitrogen and oxygen atoms in total. The van der Waals surface area contributed by atoms with Crippen molar-refractivity contribution in [1.29, 1.82) is 0 Å². The summed E-state index contributed by atoms with van der Waals surface area (Å²) in [5.74, 6) is 3.94. The van der Waals surface area contributed by atoms with Gasteiger partial charge in [-0.05, 0) is 90.2 Å². The summed E-state index contributed by atoms with van der Waals surface area (Å²) < 4.78 is 33.4. The van der Waals surface area contributed by atoms with Gasteiger partial charge in [-0.1, -0.05) is 65.8 Å². The first-order valence-corrected chi connectivity index (χ1v) is 22.8. The van der Waals surface area contributed by atoms with Gasteiger partial charge in [0.25, 0.3) is 8.32 Å². The van der Waals surface area contributed by atoms with E-state index in [9.17, 15) is 0 Å². The van der Waals surface area contributed by atoms with E-state index in [1.165, 1.54) is 0 Å². The fourth-order valence-corrected chi connectivity index (χ4v) is 7.16. The molecule has 0 fully saturated rings. The first-order valence-electron chi connectivity index (χ1n) is 17.0. The zero-order chi connectivity index (χ0) is 35.1. The molecule has 3 aromatic carbocycles. The molecule has 5 rings (SSSR count). The molecule has 0 amide bonds. The predicted molar refractivity (Wildman–Crippen MR) is 199 cm³/mol. The lowest BCUT2D eigenvalue weighted by atomic mass is 9.99. The lowest BCUT2D eigenvalue weighted by Gasteiger charge is -2.39. The maximum Gasteiger partial charge on any atom is 0.250 e. The standard InChI is InChI=1S/C38H53N3O5Si2/c1-13-27-22-30(33(46-48(11,12)38(5,6)7)24-32(27)45-47(9,10)37(2,3)4)35-36(28-16-19-31-34(23-28)44-21-20-43-31)41(40-39-35)25-26-14-17-29(42-8)18-15-26/h14-19,22-24H,13,20-21,25H2,1-12H3. The largest absolute Gasteiger partial charge is 0.543 e. The first-order chi connectivity index (χ1) is 22.4. The molecule has 0 unspecified atom stereocenters. The Balaban J connectivity index is 1.73. The number of nitrogens with zero attached hydrogens (tertiary/aromatic N) is 3. The number of hydrogen-bond donors (Lipinski definition) is 0. The maximum atomic E-state index is 7.17. The Labute approximate surface area is 289 Å². The second-order valence-corrected chi connectivity index (χ2v) is 25.1. The smallest absolute Gasteiger partial charge is 0.250 e. The molecule has 0 spiro atoms. The van der Waals surface area contributed by atoms with Crippen LogP contribution in [0.25, 0.3) is 22.5 Å². The summed E-state index contributed by atoms with van der Waals surface area (Å²) in [6.45, 7) is 26.5. The van der Waals surface area contributed by atoms with Crippen molar-refractivity contribution in [2.75, 3.05) is 20.3 Å². The summed E-state index contributed by atoms with van der Waals surface area (Å²) in [6.07, 6.45) is 0.802. The van der Waals surface area contributed by atoms with Crippen molar-refractivity contribution in [3.05, 3.63) is 65.7 Å². The molecule has 4 aromatic rings. The molecule has 0 N–H and O–H groups in total. The third kappa shape index (κ3) is 7.29. The molecule has 0 saturated heterocycles. The lowest BCUT2D eigenvalue weighted by molar-refractivity contribution is 0.171. The summed E-state index contributed by atoms with van der Waals surface area (Å²) in [7, 11) is -2.75. The average molecular weight is 688 g/mol. The highest BCUT2D eigenvalue weighted by molar-refractivity contribution is 6.75. The molecule has 0 aliphatic carbocycles. The molecule has 0 radical (unpaired) electrons. The highest BCUT2D eigenvalue weighted by Crippen LogP contribution is 2.47. The van der Waals surface area contributed by atoms with Crippen molar-refractivity contribution in [1.82, 2.24) is 15.0 Å². The molecule has 2 heterocycles. The van der Waals surface area contributed by atoms with Gasteiger partial charge >= 0.3 is 0 Å². The molecule has 48 heavy (non-hydrogen) atoms. The van der Waals surface area contributed by atoms with Crippen molar-refractivity contribution in [3.63, 3.8) is 0 Å². The van der Waals surface area contributed by atoms with Crippen molar-refractivity contribution in [2.45, 2.75) is 97.7 Å². The average Bonchev–Trinajstić information content (AvgIpc) is 3.43. The highest BCUT2D eigenvalue weighted by Gasteiger charge is 2.42. The highest BCUT2D eigenvalue weighted by atomic mass is 28.4. The number of aromatic nitrogens is 3. The van der Waals surface area contributed by atoms with Gasteiger partial charge in [0.05, 0.1) is 19.3 Å². The van der Waals surface area contributed by atoms with E-state index in [0.29, 0.717) is 25.5 Å². The number of hydrogen-bond acceptors (Lipinski definition) is 7. The summed E-state index contributed by atoms with van der Waals surface area (Å²) >= 11 is 0. The van der Waals surface area contributed by atoms with Crippen LogP contribution in [-0.4, -0.2) is 52.0 Å². The van der Waals surface area contributed by atoms with Crippen LogP contribution in [0.15, 0.2) is 54.6 Å². The van der Waals surface area contributed by atoms with E-state index in [4.69, 9.17) is 33.4 Å². The SMILES string of the molecule is CCc1cc(-c2nnn(Cc3ccc(OC)cc3)c2-c2ccc3c(c2)OCCO3)c(O[Si](C)(C)C(C)(C)C)cc1O[Si](C)(C)C(C)(C)C. The van der Waals surface area contributed by atoms with Gasteiger partial charge in [-0.25, -0.2) is 4.68 Å². The number of benzene rings is 3. The Hall–Kier alpha value is -3.77. The quantitative estimate of drug-likeness (QED) is 0.154. The van der Waals surface area contributed by atoms with Crippen LogP contribution in [-0.2, 0) is 13.0 Å². The van der Waals surface area contributed by atoms with Crippen LogP contribution >= 0.6 is 0 Å². The van der Waals surface area contributed by atoms with E-state index < -0.39 is 16.6 Å². The Bertz CT molecular complexity index is 1750. The summed E-state index contributed by atoms with van der Waals surface area (Å²) in [6, 6.07) is 18.5. The monoisotopic (exact) mass is 687 g/mol. The van der Waals surface area contributed by atoms with Crippen molar-refractivity contribution in [2.24, 2.45) is 0 Å². The third-order valence-electron chi connectivity index (χ3n) is 10.2. The molecule has 1 aliphatic rings. The first kappa shape index (κ1) is 35.5. The minimum atomic E-state index is -2.28. The Morgan fingerprint density at radius 3 is 1.96 bits per heavy atom. The van der Waals surface area contributed by atoms with Crippen LogP contribution in [0.1, 0.15) is 59.6 Å². The van der Waals surface area contributed by atoms with Crippen LogP contribution < -0.4 is 23.1 Å². The lowest BCUT2D eigenvalue weighted by Crippen LogP contribution is -2.44. The fourth-order valence-electron chi connectivity index (χ4n) is 5.09. The minimum Gasteiger partial charge on any atom is -0.543 e. The van der Waals surface area contributed by atoms with Gasteiger partial charge in [0, 0.05) is 17.2 Å². The zero-order valence-corrected chi connectivity index (χ0v) is 32.9. The van der Waals surface area contributed by atoms with E-state index in [1.54, 1.807) is 7.11 Å². The normalized spacial score (nSPS) is 13.8. The second-order valence-electron chi connectivity index (χ2n) is 15.7. The summed E-state index contributed by atoms with van der Waals surface area (Å²) in [5, 5.41) is 9.70. The van der Waals surface area contributed by atoms with Crippen LogP contribution in [0.3, 0.4) is 0 Å². The Kier molecular flexibility index (Phi) is 9.82. The van der Waals surface area contributed by atoms with Crippen molar-refractivity contribution >= 4 is 16.6 Å². The second kappa shape index (κ2) is 13.3. The molecule has 0 bridgehead atoms. The minimum absolute atomic E-state index is 0.0151. The van der Waals surface area contributed by atoms with E-state index in [2.05, 4.69) is 105 Å². The number of methoxy groups -OCH3 is 1. The van der Waals surface area contributed by atoms with E-state index in [1.807, 2.05) is 28.9 Å². The maximum absolute atomic E-state index is 7.17. The van der Waals surface area contributed by atoms with Crippen molar-refractivity contribution in [3.8, 4) is 51.3 Å². The Morgan fingerprint density at radius 1 is 0.771 bits per heavy atom. The van der Waals surface area contributed by atoms with Crippen molar-refractivity contribution < 1.29 is 23.1 Å². The van der Waals surface area contributed by atoms with E-state index in [-0.39, 0.29) is 10.1 Å². The van der Waals surface area contributed by atoms with Gasteiger partial charge in [-0.2, -0.15) is 0 Å². The molecule has 1 aromatic heterocycles. The van der Waals surface area contributed by atoms with Gasteiger partial charge in [-0.3, -0.25) is 0 Å². The summed E-state index contributed by atoms with van der Waals surface area (Å²) in [4.78, 5) is 0. The summed E-state index contributed by atoms with van der Waals surface area (Å²) in [5.41, 5.74) is 5.67. The van der Waals surface area contributed by atoms with Gasteiger partial charge in [0.1, 0.15) is 36.2 Å². The molecule has 0 saturated carbocycles. The molecule has 1 aliphatic heterocycles. The topological polar surface area (TPSA) is 76.9 Å².